The van der Waals surface area contributed by atoms with Crippen LogP contribution in [0.2, 0.25) is 0 Å². The van der Waals surface area contributed by atoms with Gasteiger partial charge in [0.25, 0.3) is 0 Å². The summed E-state index contributed by atoms with van der Waals surface area (Å²) in [4.78, 5) is 10.7. The topological polar surface area (TPSA) is 49.4 Å². The molecule has 0 aromatic heterocycles. The second-order valence-corrected chi connectivity index (χ2v) is 4.37. The maximum Gasteiger partial charge on any atom is 0.122 e. The van der Waals surface area contributed by atoms with E-state index in [-0.39, 0.29) is 6.42 Å². The van der Waals surface area contributed by atoms with E-state index < -0.39 is 5.97 Å². The van der Waals surface area contributed by atoms with Crippen molar-refractivity contribution in [1.82, 2.24) is 0 Å². The van der Waals surface area contributed by atoms with Gasteiger partial charge in [-0.15, -0.1) is 0 Å². The molecule has 98 valence electrons. The lowest BCUT2D eigenvalue weighted by Crippen LogP contribution is -2.25. The number of para-hydroxylation sites is 1. The standard InChI is InChI=1S/C16H16O3/c1-12-6-2-5-9-15(12)19-11-14-8-4-3-7-13(14)10-16(17)18/h2-9H,10-11H2,1H3,(H,17,18)/p-1. The highest BCUT2D eigenvalue weighted by molar-refractivity contribution is 5.68. The number of carboxylic acids is 1. The van der Waals surface area contributed by atoms with Crippen LogP contribution in [0.15, 0.2) is 48.5 Å². The number of aryl methyl sites for hydroxylation is 1. The van der Waals surface area contributed by atoms with Crippen molar-refractivity contribution in [2.24, 2.45) is 0 Å². The first-order valence-corrected chi connectivity index (χ1v) is 6.12. The van der Waals surface area contributed by atoms with E-state index in [1.165, 1.54) is 0 Å². The van der Waals surface area contributed by atoms with Crippen LogP contribution in [0.5, 0.6) is 5.75 Å². The zero-order valence-electron chi connectivity index (χ0n) is 10.8. The van der Waals surface area contributed by atoms with Crippen molar-refractivity contribution in [2.75, 3.05) is 0 Å². The van der Waals surface area contributed by atoms with Gasteiger partial charge in [0.05, 0.1) is 0 Å². The van der Waals surface area contributed by atoms with Crippen LogP contribution in [0.25, 0.3) is 0 Å². The number of rotatable bonds is 5. The van der Waals surface area contributed by atoms with Crippen LogP contribution in [0.3, 0.4) is 0 Å². The van der Waals surface area contributed by atoms with Crippen molar-refractivity contribution in [1.29, 1.82) is 0 Å². The summed E-state index contributed by atoms with van der Waals surface area (Å²) in [7, 11) is 0. The van der Waals surface area contributed by atoms with Crippen molar-refractivity contribution in [3.63, 3.8) is 0 Å². The van der Waals surface area contributed by atoms with E-state index in [1.54, 1.807) is 6.07 Å². The van der Waals surface area contributed by atoms with Gasteiger partial charge in [0.1, 0.15) is 12.4 Å². The molecule has 2 rings (SSSR count). The third kappa shape index (κ3) is 3.58. The summed E-state index contributed by atoms with van der Waals surface area (Å²) < 4.78 is 5.73. The monoisotopic (exact) mass is 255 g/mol. The first-order valence-electron chi connectivity index (χ1n) is 6.12. The molecule has 0 bridgehead atoms. The molecular formula is C16H15O3-. The number of carbonyl (C=O) groups is 1. The zero-order chi connectivity index (χ0) is 13.7. The third-order valence-corrected chi connectivity index (χ3v) is 2.93. The van der Waals surface area contributed by atoms with E-state index in [0.29, 0.717) is 6.61 Å². The van der Waals surface area contributed by atoms with Gasteiger partial charge >= 0.3 is 0 Å². The molecule has 0 amide bonds. The summed E-state index contributed by atoms with van der Waals surface area (Å²) in [6, 6.07) is 15.1. The Morgan fingerprint density at radius 2 is 1.68 bits per heavy atom. The van der Waals surface area contributed by atoms with Gasteiger partial charge in [0.2, 0.25) is 0 Å². The number of ether oxygens (including phenoxy) is 1. The van der Waals surface area contributed by atoms with E-state index in [4.69, 9.17) is 4.74 Å². The second kappa shape index (κ2) is 6.05. The number of hydrogen-bond acceptors (Lipinski definition) is 3. The lowest BCUT2D eigenvalue weighted by Gasteiger charge is -2.12. The summed E-state index contributed by atoms with van der Waals surface area (Å²) in [6.07, 6.45) is -0.0900. The van der Waals surface area contributed by atoms with Gasteiger partial charge in [0.15, 0.2) is 0 Å². The predicted octanol–water partition coefficient (Wildman–Crippen LogP) is 1.87. The molecule has 19 heavy (non-hydrogen) atoms. The summed E-state index contributed by atoms with van der Waals surface area (Å²) in [5.74, 6) is -0.269. The van der Waals surface area contributed by atoms with Crippen molar-refractivity contribution in [3.8, 4) is 5.75 Å². The van der Waals surface area contributed by atoms with Gasteiger partial charge in [-0.3, -0.25) is 0 Å². The molecule has 2 aromatic carbocycles. The summed E-state index contributed by atoms with van der Waals surface area (Å²) in [5, 5.41) is 10.7. The largest absolute Gasteiger partial charge is 0.550 e. The van der Waals surface area contributed by atoms with Crippen LogP contribution < -0.4 is 9.84 Å². The van der Waals surface area contributed by atoms with Crippen molar-refractivity contribution in [2.45, 2.75) is 20.0 Å². The molecule has 0 fully saturated rings. The highest BCUT2D eigenvalue weighted by atomic mass is 16.5. The molecule has 2 aromatic rings. The Bertz CT molecular complexity index is 576. The predicted molar refractivity (Wildman–Crippen MR) is 70.7 cm³/mol. The molecule has 0 heterocycles. The molecule has 0 N–H and O–H groups in total. The molecule has 0 atom stereocenters. The SMILES string of the molecule is Cc1ccccc1OCc1ccccc1CC(=O)[O-]. The molecule has 0 aliphatic rings. The van der Waals surface area contributed by atoms with Gasteiger partial charge in [-0.1, -0.05) is 42.5 Å². The number of hydrogen-bond donors (Lipinski definition) is 0. The van der Waals surface area contributed by atoms with Crippen LogP contribution in [0.1, 0.15) is 16.7 Å². The number of carboxylic acid groups (broad SMARTS) is 1. The van der Waals surface area contributed by atoms with Crippen LogP contribution in [-0.4, -0.2) is 5.97 Å². The van der Waals surface area contributed by atoms with Crippen molar-refractivity contribution >= 4 is 5.97 Å². The molecule has 0 spiro atoms. The number of benzene rings is 2. The van der Waals surface area contributed by atoms with E-state index in [1.807, 2.05) is 49.4 Å². The highest BCUT2D eigenvalue weighted by Crippen LogP contribution is 2.19. The fourth-order valence-electron chi connectivity index (χ4n) is 1.90. The quantitative estimate of drug-likeness (QED) is 0.819. The van der Waals surface area contributed by atoms with Crippen LogP contribution in [-0.2, 0) is 17.8 Å². The average Bonchev–Trinajstić information content (AvgIpc) is 2.39. The smallest absolute Gasteiger partial charge is 0.122 e. The average molecular weight is 255 g/mol. The molecule has 0 saturated heterocycles. The maximum absolute atomic E-state index is 10.7. The summed E-state index contributed by atoms with van der Waals surface area (Å²) >= 11 is 0. The Kier molecular flexibility index (Phi) is 4.18. The Balaban J connectivity index is 2.11. The number of carbonyl (C=O) groups excluding carboxylic acids is 1. The first-order chi connectivity index (χ1) is 9.16. The van der Waals surface area contributed by atoms with Gasteiger partial charge < -0.3 is 14.6 Å². The molecular weight excluding hydrogens is 240 g/mol. The van der Waals surface area contributed by atoms with Crippen LogP contribution in [0.4, 0.5) is 0 Å². The molecule has 3 heteroatoms. The Labute approximate surface area is 112 Å². The normalized spacial score (nSPS) is 10.2. The minimum atomic E-state index is -1.08. The molecule has 0 aliphatic carbocycles. The van der Waals surface area contributed by atoms with E-state index >= 15 is 0 Å². The van der Waals surface area contributed by atoms with Crippen LogP contribution in [0, 0.1) is 6.92 Å². The number of aliphatic carboxylic acids is 1. The van der Waals surface area contributed by atoms with Crippen LogP contribution >= 0.6 is 0 Å². The van der Waals surface area contributed by atoms with E-state index in [2.05, 4.69) is 0 Å². The fourth-order valence-corrected chi connectivity index (χ4v) is 1.90. The van der Waals surface area contributed by atoms with Crippen molar-refractivity contribution in [3.05, 3.63) is 65.2 Å². The van der Waals surface area contributed by atoms with Gasteiger partial charge in [0, 0.05) is 12.4 Å². The van der Waals surface area contributed by atoms with E-state index in [9.17, 15) is 9.90 Å². The van der Waals surface area contributed by atoms with Gasteiger partial charge in [-0.2, -0.15) is 0 Å². The lowest BCUT2D eigenvalue weighted by atomic mass is 10.1. The zero-order valence-corrected chi connectivity index (χ0v) is 10.8. The fraction of sp³-hybridized carbons (Fsp3) is 0.188. The minimum absolute atomic E-state index is 0.0900. The molecule has 0 aliphatic heterocycles. The van der Waals surface area contributed by atoms with Gasteiger partial charge in [-0.25, -0.2) is 0 Å². The second-order valence-electron chi connectivity index (χ2n) is 4.37. The Morgan fingerprint density at radius 1 is 1.05 bits per heavy atom. The van der Waals surface area contributed by atoms with Crippen molar-refractivity contribution < 1.29 is 14.6 Å². The van der Waals surface area contributed by atoms with Gasteiger partial charge in [-0.05, 0) is 29.7 Å². The summed E-state index contributed by atoms with van der Waals surface area (Å²) in [6.45, 7) is 2.33. The molecule has 0 saturated carbocycles. The maximum atomic E-state index is 10.7. The first kappa shape index (κ1) is 13.1. The minimum Gasteiger partial charge on any atom is -0.550 e. The lowest BCUT2D eigenvalue weighted by molar-refractivity contribution is -0.304. The Morgan fingerprint density at radius 3 is 2.37 bits per heavy atom. The molecule has 0 unspecified atom stereocenters. The molecule has 3 nitrogen and oxygen atoms in total. The Hall–Kier alpha value is -2.29. The van der Waals surface area contributed by atoms with E-state index in [0.717, 1.165) is 22.4 Å². The third-order valence-electron chi connectivity index (χ3n) is 2.93. The molecule has 0 radical (unpaired) electrons. The summed E-state index contributed by atoms with van der Waals surface area (Å²) in [5.41, 5.74) is 2.66. The highest BCUT2D eigenvalue weighted by Gasteiger charge is 2.04.